The van der Waals surface area contributed by atoms with E-state index in [-0.39, 0.29) is 12.5 Å². The number of rotatable bonds is 7. The van der Waals surface area contributed by atoms with Crippen LogP contribution in [0.4, 0.5) is 5.69 Å². The highest BCUT2D eigenvalue weighted by Crippen LogP contribution is 2.09. The third-order valence-electron chi connectivity index (χ3n) is 4.23. The number of aryl methyl sites for hydroxylation is 1. The molecule has 0 aliphatic carbocycles. The number of esters is 1. The van der Waals surface area contributed by atoms with Gasteiger partial charge >= 0.3 is 5.97 Å². The summed E-state index contributed by atoms with van der Waals surface area (Å²) < 4.78 is 5.05. The van der Waals surface area contributed by atoms with Crippen LogP contribution >= 0.6 is 0 Å². The van der Waals surface area contributed by atoms with Crippen molar-refractivity contribution in [3.63, 3.8) is 0 Å². The lowest BCUT2D eigenvalue weighted by Crippen LogP contribution is -2.20. The first-order chi connectivity index (χ1) is 15.0. The van der Waals surface area contributed by atoms with E-state index >= 15 is 0 Å². The number of hydrogen-bond acceptors (Lipinski definition) is 5. The number of anilines is 1. The quantitative estimate of drug-likeness (QED) is 0.350. The first-order valence-corrected chi connectivity index (χ1v) is 9.53. The lowest BCUT2D eigenvalue weighted by molar-refractivity contribution is -0.119. The molecule has 0 aromatic heterocycles. The summed E-state index contributed by atoms with van der Waals surface area (Å²) in [4.78, 5) is 36.0. The maximum absolute atomic E-state index is 12.1. The minimum absolute atomic E-state index is 0.300. The van der Waals surface area contributed by atoms with Crippen molar-refractivity contribution in [2.75, 3.05) is 11.9 Å². The molecule has 7 nitrogen and oxygen atoms in total. The fourth-order valence-corrected chi connectivity index (χ4v) is 2.57. The van der Waals surface area contributed by atoms with Gasteiger partial charge in [-0.15, -0.1) is 0 Å². The van der Waals surface area contributed by atoms with E-state index < -0.39 is 11.9 Å². The molecule has 0 spiro atoms. The van der Waals surface area contributed by atoms with Gasteiger partial charge in [0, 0.05) is 11.3 Å². The van der Waals surface area contributed by atoms with Crippen molar-refractivity contribution in [2.24, 2.45) is 5.10 Å². The molecule has 3 rings (SSSR count). The van der Waals surface area contributed by atoms with Crippen molar-refractivity contribution in [3.8, 4) is 0 Å². The van der Waals surface area contributed by atoms with E-state index in [2.05, 4.69) is 15.8 Å². The van der Waals surface area contributed by atoms with Crippen LogP contribution in [0.2, 0.25) is 0 Å². The van der Waals surface area contributed by atoms with Gasteiger partial charge in [0.25, 0.3) is 11.8 Å². The van der Waals surface area contributed by atoms with Gasteiger partial charge in [-0.05, 0) is 48.9 Å². The smallest absolute Gasteiger partial charge is 0.338 e. The van der Waals surface area contributed by atoms with Crippen molar-refractivity contribution >= 4 is 29.7 Å². The summed E-state index contributed by atoms with van der Waals surface area (Å²) in [5.74, 6) is -1.35. The van der Waals surface area contributed by atoms with Crippen LogP contribution in [0.15, 0.2) is 84.0 Å². The lowest BCUT2D eigenvalue weighted by atomic mass is 10.1. The van der Waals surface area contributed by atoms with Crippen molar-refractivity contribution in [3.05, 3.63) is 101 Å². The van der Waals surface area contributed by atoms with Crippen molar-refractivity contribution < 1.29 is 19.1 Å². The first-order valence-electron chi connectivity index (χ1n) is 9.53. The molecule has 0 bridgehead atoms. The van der Waals surface area contributed by atoms with Gasteiger partial charge in [-0.3, -0.25) is 9.59 Å². The molecule has 0 fully saturated rings. The normalized spacial score (nSPS) is 10.5. The Hall–Kier alpha value is -4.26. The largest absolute Gasteiger partial charge is 0.452 e. The summed E-state index contributed by atoms with van der Waals surface area (Å²) in [5, 5.41) is 6.56. The van der Waals surface area contributed by atoms with Gasteiger partial charge in [-0.1, -0.05) is 48.0 Å². The number of nitrogens with zero attached hydrogens (tertiary/aromatic N) is 1. The number of hydrogen-bond donors (Lipinski definition) is 2. The Bertz CT molecular complexity index is 1080. The summed E-state index contributed by atoms with van der Waals surface area (Å²) in [6.45, 7) is 1.56. The molecule has 3 aromatic rings. The highest BCUT2D eigenvalue weighted by Gasteiger charge is 2.10. The van der Waals surface area contributed by atoms with Crippen LogP contribution in [0, 0.1) is 6.92 Å². The Morgan fingerprint density at radius 2 is 1.55 bits per heavy atom. The molecular formula is C24H21N3O4. The topological polar surface area (TPSA) is 96.9 Å². The first kappa shape index (κ1) is 21.4. The maximum Gasteiger partial charge on any atom is 0.338 e. The molecule has 0 atom stereocenters. The number of carbonyl (C=O) groups is 3. The fourth-order valence-electron chi connectivity index (χ4n) is 2.57. The average Bonchev–Trinajstić information content (AvgIpc) is 2.80. The second kappa shape index (κ2) is 10.5. The van der Waals surface area contributed by atoms with Crippen LogP contribution in [0.1, 0.15) is 31.8 Å². The molecule has 7 heteroatoms. The number of benzene rings is 3. The van der Waals surface area contributed by atoms with Gasteiger partial charge in [0.05, 0.1) is 11.8 Å². The van der Waals surface area contributed by atoms with Crippen molar-refractivity contribution in [1.29, 1.82) is 0 Å². The third-order valence-corrected chi connectivity index (χ3v) is 4.23. The molecule has 2 N–H and O–H groups in total. The van der Waals surface area contributed by atoms with Gasteiger partial charge in [-0.25, -0.2) is 10.2 Å². The Morgan fingerprint density at radius 1 is 0.871 bits per heavy atom. The predicted molar refractivity (Wildman–Crippen MR) is 118 cm³/mol. The summed E-state index contributed by atoms with van der Waals surface area (Å²) in [7, 11) is 0. The zero-order valence-corrected chi connectivity index (χ0v) is 16.9. The molecule has 0 heterocycles. The molecule has 0 radical (unpaired) electrons. The SMILES string of the molecule is Cc1ccc(NC(=O)COC(=O)c2ccc(/C=N/NC(=O)c3ccccc3)cc2)cc1. The predicted octanol–water partition coefficient (Wildman–Crippen LogP) is 3.55. The van der Waals surface area contributed by atoms with Crippen molar-refractivity contribution in [1.82, 2.24) is 5.43 Å². The second-order valence-corrected chi connectivity index (χ2v) is 6.68. The monoisotopic (exact) mass is 415 g/mol. The Kier molecular flexibility index (Phi) is 7.26. The highest BCUT2D eigenvalue weighted by atomic mass is 16.5. The van der Waals surface area contributed by atoms with E-state index in [1.807, 2.05) is 25.1 Å². The van der Waals surface area contributed by atoms with Crippen LogP contribution in [-0.4, -0.2) is 30.6 Å². The maximum atomic E-state index is 12.1. The van der Waals surface area contributed by atoms with E-state index in [1.54, 1.807) is 60.7 Å². The second-order valence-electron chi connectivity index (χ2n) is 6.68. The van der Waals surface area contributed by atoms with E-state index in [1.165, 1.54) is 6.21 Å². The number of carbonyl (C=O) groups excluding carboxylic acids is 3. The van der Waals surface area contributed by atoms with Gasteiger partial charge in [0.2, 0.25) is 0 Å². The lowest BCUT2D eigenvalue weighted by Gasteiger charge is -2.07. The molecule has 0 aliphatic rings. The molecule has 3 aromatic carbocycles. The summed E-state index contributed by atoms with van der Waals surface area (Å²) in [5.41, 5.74) is 5.63. The number of nitrogens with one attached hydrogen (secondary N) is 2. The average molecular weight is 415 g/mol. The standard InChI is InChI=1S/C24H21N3O4/c1-17-7-13-21(14-8-17)26-22(28)16-31-24(30)20-11-9-18(10-12-20)15-25-27-23(29)19-5-3-2-4-6-19/h2-15H,16H2,1H3,(H,26,28)(H,27,29)/b25-15+. The van der Waals surface area contributed by atoms with Crippen LogP contribution in [0.3, 0.4) is 0 Å². The van der Waals surface area contributed by atoms with Gasteiger partial charge in [0.1, 0.15) is 0 Å². The molecule has 0 aliphatic heterocycles. The number of ether oxygens (including phenoxy) is 1. The van der Waals surface area contributed by atoms with E-state index in [0.29, 0.717) is 22.4 Å². The third kappa shape index (κ3) is 6.64. The molecule has 2 amide bonds. The van der Waals surface area contributed by atoms with E-state index in [4.69, 9.17) is 4.74 Å². The molecule has 31 heavy (non-hydrogen) atoms. The Balaban J connectivity index is 1.46. The van der Waals surface area contributed by atoms with Crippen LogP contribution in [0.25, 0.3) is 0 Å². The van der Waals surface area contributed by atoms with E-state index in [0.717, 1.165) is 5.56 Å². The fraction of sp³-hybridized carbons (Fsp3) is 0.0833. The number of hydrazone groups is 1. The Morgan fingerprint density at radius 3 is 2.23 bits per heavy atom. The van der Waals surface area contributed by atoms with Gasteiger partial charge < -0.3 is 10.1 Å². The zero-order valence-electron chi connectivity index (χ0n) is 16.9. The molecule has 0 saturated heterocycles. The minimum atomic E-state index is -0.611. The van der Waals surface area contributed by atoms with E-state index in [9.17, 15) is 14.4 Å². The summed E-state index contributed by atoms with van der Waals surface area (Å²) >= 11 is 0. The summed E-state index contributed by atoms with van der Waals surface area (Å²) in [6, 6.07) is 22.4. The molecule has 0 unspecified atom stereocenters. The number of amides is 2. The van der Waals surface area contributed by atoms with Gasteiger partial charge in [-0.2, -0.15) is 5.10 Å². The minimum Gasteiger partial charge on any atom is -0.452 e. The highest BCUT2D eigenvalue weighted by molar-refractivity contribution is 5.96. The van der Waals surface area contributed by atoms with Gasteiger partial charge in [0.15, 0.2) is 6.61 Å². The zero-order chi connectivity index (χ0) is 22.1. The van der Waals surface area contributed by atoms with Crippen LogP contribution in [-0.2, 0) is 9.53 Å². The van der Waals surface area contributed by atoms with Crippen LogP contribution in [0.5, 0.6) is 0 Å². The molecule has 0 saturated carbocycles. The Labute approximate surface area is 179 Å². The van der Waals surface area contributed by atoms with Crippen LogP contribution < -0.4 is 10.7 Å². The summed E-state index contributed by atoms with van der Waals surface area (Å²) in [6.07, 6.45) is 1.46. The molecule has 156 valence electrons. The molecular weight excluding hydrogens is 394 g/mol. The van der Waals surface area contributed by atoms with Crippen molar-refractivity contribution in [2.45, 2.75) is 6.92 Å².